The molecule has 0 saturated carbocycles. The molecule has 0 atom stereocenters. The van der Waals surface area contributed by atoms with Crippen molar-refractivity contribution in [1.29, 1.82) is 0 Å². The maximum atomic E-state index is 14.4. The minimum absolute atomic E-state index is 0.0957. The van der Waals surface area contributed by atoms with Crippen molar-refractivity contribution in [1.82, 2.24) is 4.57 Å². The van der Waals surface area contributed by atoms with Crippen molar-refractivity contribution in [3.63, 3.8) is 0 Å². The fourth-order valence-corrected chi connectivity index (χ4v) is 5.35. The first-order valence-corrected chi connectivity index (χ1v) is 12.3. The Labute approximate surface area is 198 Å². The highest BCUT2D eigenvalue weighted by Gasteiger charge is 2.15. The largest absolute Gasteiger partial charge is 0.383 e. The lowest BCUT2D eigenvalue weighted by Gasteiger charge is -2.08. The summed E-state index contributed by atoms with van der Waals surface area (Å²) in [5, 5.41) is 0. The summed E-state index contributed by atoms with van der Waals surface area (Å²) in [6, 6.07) is 14.8. The van der Waals surface area contributed by atoms with Crippen LogP contribution in [-0.4, -0.2) is 32.6 Å². The van der Waals surface area contributed by atoms with Gasteiger partial charge in [0, 0.05) is 24.9 Å². The molecule has 0 aliphatic carbocycles. The smallest absolute Gasteiger partial charge is 0.279 e. The molecule has 0 saturated heterocycles. The number of hydrogen-bond acceptors (Lipinski definition) is 5. The molecule has 0 bridgehead atoms. The van der Waals surface area contributed by atoms with E-state index in [1.54, 1.807) is 16.7 Å². The number of ether oxygens (including phenoxy) is 1. The number of rotatable bonds is 7. The number of halogens is 2. The number of fused-ring (bicyclic) bond motifs is 1. The summed E-state index contributed by atoms with van der Waals surface area (Å²) in [6.07, 6.45) is 0. The van der Waals surface area contributed by atoms with Gasteiger partial charge in [0.05, 0.1) is 21.7 Å². The minimum atomic E-state index is -3.92. The number of para-hydroxylation sites is 1. The van der Waals surface area contributed by atoms with Crippen molar-refractivity contribution in [3.8, 4) is 0 Å². The van der Waals surface area contributed by atoms with Gasteiger partial charge in [-0.15, -0.1) is 0 Å². The Balaban J connectivity index is 1.60. The van der Waals surface area contributed by atoms with Crippen molar-refractivity contribution in [2.45, 2.75) is 11.4 Å². The average molecular weight is 504 g/mol. The van der Waals surface area contributed by atoms with E-state index in [1.807, 2.05) is 0 Å². The van der Waals surface area contributed by atoms with Crippen LogP contribution in [0.4, 0.5) is 14.5 Å². The molecule has 11 heteroatoms. The fraction of sp³-hybridized carbons (Fsp3) is 0.130. The summed E-state index contributed by atoms with van der Waals surface area (Å²) in [5.41, 5.74) is 0.794. The highest BCUT2D eigenvalue weighted by atomic mass is 32.2. The zero-order chi connectivity index (χ0) is 24.3. The molecule has 34 heavy (non-hydrogen) atoms. The van der Waals surface area contributed by atoms with Gasteiger partial charge in [-0.05, 0) is 60.7 Å². The predicted molar refractivity (Wildman–Crippen MR) is 125 cm³/mol. The molecule has 0 radical (unpaired) electrons. The van der Waals surface area contributed by atoms with E-state index in [-0.39, 0.29) is 16.1 Å². The van der Waals surface area contributed by atoms with E-state index >= 15 is 0 Å². The van der Waals surface area contributed by atoms with Gasteiger partial charge in [-0.25, -0.2) is 17.2 Å². The van der Waals surface area contributed by atoms with Crippen LogP contribution < -0.4 is 9.52 Å². The number of amides is 1. The standard InChI is InChI=1S/C23H19F2N3O4S2/c1-32-14-13-28-21-19(25)3-2-4-20(21)33-23(28)26-22(29)15-5-9-17(10-6-15)27-34(30,31)18-11-7-16(24)8-12-18/h2-12,27H,13-14H2,1H3. The number of carbonyl (C=O) groups excluding carboxylic acids is 1. The number of aromatic nitrogens is 1. The van der Waals surface area contributed by atoms with E-state index in [2.05, 4.69) is 9.71 Å². The van der Waals surface area contributed by atoms with Crippen LogP contribution in [0.25, 0.3) is 10.2 Å². The SMILES string of the molecule is COCCn1c(=NC(=O)c2ccc(NS(=O)(=O)c3ccc(F)cc3)cc2)sc2cccc(F)c21. The lowest BCUT2D eigenvalue weighted by Crippen LogP contribution is -2.20. The number of nitrogens with one attached hydrogen (secondary N) is 1. The molecule has 0 aliphatic heterocycles. The Hall–Kier alpha value is -3.41. The molecular formula is C23H19F2N3O4S2. The number of carbonyl (C=O) groups is 1. The van der Waals surface area contributed by atoms with Crippen LogP contribution in [-0.2, 0) is 21.3 Å². The van der Waals surface area contributed by atoms with E-state index in [0.717, 1.165) is 24.3 Å². The lowest BCUT2D eigenvalue weighted by atomic mass is 10.2. The third kappa shape index (κ3) is 5.06. The first-order valence-electron chi connectivity index (χ1n) is 10.0. The number of thiazole rings is 1. The number of sulfonamides is 1. The molecule has 0 spiro atoms. The molecule has 0 aliphatic rings. The van der Waals surface area contributed by atoms with Crippen LogP contribution in [0.1, 0.15) is 10.4 Å². The van der Waals surface area contributed by atoms with Gasteiger partial charge < -0.3 is 9.30 Å². The van der Waals surface area contributed by atoms with Gasteiger partial charge in [-0.1, -0.05) is 17.4 Å². The van der Waals surface area contributed by atoms with Crippen molar-refractivity contribution in [2.24, 2.45) is 4.99 Å². The third-order valence-corrected chi connectivity index (χ3v) is 7.32. The maximum absolute atomic E-state index is 14.4. The number of anilines is 1. The topological polar surface area (TPSA) is 89.8 Å². The van der Waals surface area contributed by atoms with Crippen LogP contribution in [0.2, 0.25) is 0 Å². The summed E-state index contributed by atoms with van der Waals surface area (Å²) < 4.78 is 62.1. The number of hydrogen-bond donors (Lipinski definition) is 1. The van der Waals surface area contributed by atoms with Gasteiger partial charge in [0.1, 0.15) is 11.6 Å². The first kappa shape index (κ1) is 23.7. The van der Waals surface area contributed by atoms with Crippen LogP contribution >= 0.6 is 11.3 Å². The monoisotopic (exact) mass is 503 g/mol. The van der Waals surface area contributed by atoms with E-state index in [4.69, 9.17) is 4.74 Å². The van der Waals surface area contributed by atoms with E-state index in [0.29, 0.717) is 28.2 Å². The summed E-state index contributed by atoms with van der Waals surface area (Å²) in [7, 11) is -2.39. The van der Waals surface area contributed by atoms with E-state index in [9.17, 15) is 22.0 Å². The van der Waals surface area contributed by atoms with Gasteiger partial charge in [-0.2, -0.15) is 4.99 Å². The quantitative estimate of drug-likeness (QED) is 0.410. The average Bonchev–Trinajstić information content (AvgIpc) is 3.16. The van der Waals surface area contributed by atoms with Crippen molar-refractivity contribution >= 4 is 43.2 Å². The molecule has 1 heterocycles. The van der Waals surface area contributed by atoms with Crippen molar-refractivity contribution in [3.05, 3.63) is 88.7 Å². The normalized spacial score (nSPS) is 12.3. The summed E-state index contributed by atoms with van der Waals surface area (Å²) in [6.45, 7) is 0.623. The molecule has 1 aromatic heterocycles. The van der Waals surface area contributed by atoms with Crippen molar-refractivity contribution in [2.75, 3.05) is 18.4 Å². The second-order valence-electron chi connectivity index (χ2n) is 7.17. The number of benzene rings is 3. The summed E-state index contributed by atoms with van der Waals surface area (Å²) >= 11 is 1.18. The van der Waals surface area contributed by atoms with E-state index in [1.165, 1.54) is 48.8 Å². The Morgan fingerprint density at radius 3 is 2.44 bits per heavy atom. The number of methoxy groups -OCH3 is 1. The highest BCUT2D eigenvalue weighted by molar-refractivity contribution is 7.92. The van der Waals surface area contributed by atoms with Crippen molar-refractivity contribution < 1.29 is 26.7 Å². The molecule has 1 N–H and O–H groups in total. The second kappa shape index (κ2) is 9.84. The fourth-order valence-electron chi connectivity index (χ4n) is 3.22. The minimum Gasteiger partial charge on any atom is -0.383 e. The Morgan fingerprint density at radius 2 is 1.76 bits per heavy atom. The van der Waals surface area contributed by atoms with Crippen LogP contribution in [0.5, 0.6) is 0 Å². The molecule has 3 aromatic carbocycles. The summed E-state index contributed by atoms with van der Waals surface area (Å²) in [4.78, 5) is 17.2. The third-order valence-electron chi connectivity index (χ3n) is 4.88. The first-order chi connectivity index (χ1) is 16.3. The maximum Gasteiger partial charge on any atom is 0.279 e. The molecule has 1 amide bonds. The Bertz CT molecular complexity index is 1510. The van der Waals surface area contributed by atoms with Crippen LogP contribution in [0, 0.1) is 11.6 Å². The molecular weight excluding hydrogens is 484 g/mol. The number of nitrogens with zero attached hydrogens (tertiary/aromatic N) is 2. The molecule has 4 rings (SSSR count). The van der Waals surface area contributed by atoms with Crippen LogP contribution in [0.15, 0.2) is 76.6 Å². The second-order valence-corrected chi connectivity index (χ2v) is 9.86. The van der Waals surface area contributed by atoms with Gasteiger partial charge in [0.25, 0.3) is 15.9 Å². The molecule has 0 unspecified atom stereocenters. The Morgan fingerprint density at radius 1 is 1.06 bits per heavy atom. The van der Waals surface area contributed by atoms with Crippen LogP contribution in [0.3, 0.4) is 0 Å². The molecule has 4 aromatic rings. The summed E-state index contributed by atoms with van der Waals surface area (Å²) in [5.74, 6) is -1.53. The van der Waals surface area contributed by atoms with Gasteiger partial charge in [0.15, 0.2) is 4.80 Å². The van der Waals surface area contributed by atoms with Gasteiger partial charge in [0.2, 0.25) is 0 Å². The predicted octanol–water partition coefficient (Wildman–Crippen LogP) is 4.17. The Kier molecular flexibility index (Phi) is 6.87. The zero-order valence-electron chi connectivity index (χ0n) is 17.9. The molecule has 0 fully saturated rings. The van der Waals surface area contributed by atoms with Gasteiger partial charge >= 0.3 is 0 Å². The molecule has 176 valence electrons. The zero-order valence-corrected chi connectivity index (χ0v) is 19.5. The highest BCUT2D eigenvalue weighted by Crippen LogP contribution is 2.21. The van der Waals surface area contributed by atoms with Gasteiger partial charge in [-0.3, -0.25) is 9.52 Å². The lowest BCUT2D eigenvalue weighted by molar-refractivity contribution is 0.0997. The van der Waals surface area contributed by atoms with E-state index < -0.39 is 27.6 Å². The molecule has 7 nitrogen and oxygen atoms in total.